The van der Waals surface area contributed by atoms with Crippen LogP contribution in [0.4, 0.5) is 5.69 Å². The minimum absolute atomic E-state index is 0.0504. The average molecular weight is 346 g/mol. The number of carbonyl (C=O) groups is 1. The first-order valence-corrected chi connectivity index (χ1v) is 7.94. The molecule has 3 heteroatoms. The molecule has 0 fully saturated rings. The number of alkyl halides is 1. The minimum atomic E-state index is -0.0504. The zero-order valence-electron chi connectivity index (χ0n) is 12.8. The van der Waals surface area contributed by atoms with Crippen LogP contribution in [0.1, 0.15) is 44.4 Å². The molecule has 1 unspecified atom stereocenters. The Labute approximate surface area is 134 Å². The van der Waals surface area contributed by atoms with Crippen molar-refractivity contribution in [3.8, 4) is 0 Å². The summed E-state index contributed by atoms with van der Waals surface area (Å²) in [6.45, 7) is 8.05. The van der Waals surface area contributed by atoms with Crippen LogP contribution in [0, 0.1) is 20.8 Å². The van der Waals surface area contributed by atoms with Crippen LogP contribution >= 0.6 is 15.9 Å². The predicted molar refractivity (Wildman–Crippen MR) is 92.4 cm³/mol. The van der Waals surface area contributed by atoms with Gasteiger partial charge in [0, 0.05) is 16.1 Å². The summed E-state index contributed by atoms with van der Waals surface area (Å²) in [5, 5.41) is 3.04. The Kier molecular flexibility index (Phi) is 4.84. The summed E-state index contributed by atoms with van der Waals surface area (Å²) >= 11 is 3.57. The third-order valence-corrected chi connectivity index (χ3v) is 4.03. The van der Waals surface area contributed by atoms with Crippen molar-refractivity contribution in [2.45, 2.75) is 32.5 Å². The zero-order valence-corrected chi connectivity index (χ0v) is 14.4. The van der Waals surface area contributed by atoms with Gasteiger partial charge < -0.3 is 5.32 Å². The molecule has 2 aromatic carbocycles. The molecular weight excluding hydrogens is 326 g/mol. The third kappa shape index (κ3) is 3.53. The first-order chi connectivity index (χ1) is 9.90. The summed E-state index contributed by atoms with van der Waals surface area (Å²) in [4.78, 5) is 12.8. The molecule has 0 aliphatic carbocycles. The van der Waals surface area contributed by atoms with E-state index in [1.807, 2.05) is 64.1 Å². The van der Waals surface area contributed by atoms with Gasteiger partial charge >= 0.3 is 0 Å². The second-order valence-corrected chi connectivity index (χ2v) is 6.80. The van der Waals surface area contributed by atoms with Gasteiger partial charge in [0.05, 0.1) is 0 Å². The molecule has 0 heterocycles. The molecule has 1 amide bonds. The number of halogens is 1. The first kappa shape index (κ1) is 15.8. The largest absolute Gasteiger partial charge is 0.322 e. The van der Waals surface area contributed by atoms with Crippen LogP contribution in [0.25, 0.3) is 0 Å². The van der Waals surface area contributed by atoms with E-state index in [0.29, 0.717) is 0 Å². The second-order valence-electron chi connectivity index (χ2n) is 5.43. The number of para-hydroxylation sites is 1. The molecule has 2 rings (SSSR count). The molecule has 2 aromatic rings. The number of amides is 1. The maximum Gasteiger partial charge on any atom is 0.256 e. The van der Waals surface area contributed by atoms with Crippen LogP contribution in [0.5, 0.6) is 0 Å². The lowest BCUT2D eigenvalue weighted by atomic mass is 9.99. The lowest BCUT2D eigenvalue weighted by molar-refractivity contribution is 0.102. The van der Waals surface area contributed by atoms with E-state index in [-0.39, 0.29) is 10.7 Å². The van der Waals surface area contributed by atoms with Crippen LogP contribution in [0.2, 0.25) is 0 Å². The van der Waals surface area contributed by atoms with Gasteiger partial charge in [-0.2, -0.15) is 0 Å². The molecule has 0 aliphatic heterocycles. The topological polar surface area (TPSA) is 29.1 Å². The van der Waals surface area contributed by atoms with Crippen molar-refractivity contribution in [3.63, 3.8) is 0 Å². The molecule has 0 spiro atoms. The van der Waals surface area contributed by atoms with Gasteiger partial charge in [-0.25, -0.2) is 0 Å². The molecule has 2 nitrogen and oxygen atoms in total. The van der Waals surface area contributed by atoms with Crippen molar-refractivity contribution in [1.29, 1.82) is 0 Å². The molecule has 0 saturated heterocycles. The molecule has 21 heavy (non-hydrogen) atoms. The smallest absolute Gasteiger partial charge is 0.256 e. The van der Waals surface area contributed by atoms with Crippen molar-refractivity contribution >= 4 is 27.5 Å². The number of hydrogen-bond donors (Lipinski definition) is 1. The zero-order chi connectivity index (χ0) is 15.6. The van der Waals surface area contributed by atoms with Gasteiger partial charge in [-0.1, -0.05) is 51.8 Å². The Morgan fingerprint density at radius 3 is 2.24 bits per heavy atom. The standard InChI is InChI=1S/C18H20BrNO/c1-11-9-12(2)17(13(3)10-11)18(21)20-16-8-6-5-7-15(16)14(4)19/h5-10,14H,1-4H3,(H,20,21). The van der Waals surface area contributed by atoms with E-state index in [2.05, 4.69) is 21.2 Å². The third-order valence-electron chi connectivity index (χ3n) is 3.54. The monoisotopic (exact) mass is 345 g/mol. The summed E-state index contributed by atoms with van der Waals surface area (Å²) in [6.07, 6.45) is 0. The quantitative estimate of drug-likeness (QED) is 0.749. The normalized spacial score (nSPS) is 12.0. The van der Waals surface area contributed by atoms with Crippen LogP contribution in [0.15, 0.2) is 36.4 Å². The van der Waals surface area contributed by atoms with Crippen LogP contribution in [-0.4, -0.2) is 5.91 Å². The van der Waals surface area contributed by atoms with E-state index in [9.17, 15) is 4.79 Å². The fourth-order valence-electron chi connectivity index (χ4n) is 2.68. The maximum absolute atomic E-state index is 12.6. The van der Waals surface area contributed by atoms with Gasteiger partial charge in [0.2, 0.25) is 0 Å². The van der Waals surface area contributed by atoms with Gasteiger partial charge in [-0.15, -0.1) is 0 Å². The number of carbonyl (C=O) groups excluding carboxylic acids is 1. The number of aryl methyl sites for hydroxylation is 3. The lowest BCUT2D eigenvalue weighted by Crippen LogP contribution is -2.16. The molecular formula is C18H20BrNO. The van der Waals surface area contributed by atoms with E-state index in [1.165, 1.54) is 5.56 Å². The Morgan fingerprint density at radius 2 is 1.67 bits per heavy atom. The highest BCUT2D eigenvalue weighted by molar-refractivity contribution is 9.09. The van der Waals surface area contributed by atoms with E-state index >= 15 is 0 Å². The van der Waals surface area contributed by atoms with Crippen molar-refractivity contribution in [2.75, 3.05) is 5.32 Å². The molecule has 0 radical (unpaired) electrons. The van der Waals surface area contributed by atoms with Crippen LogP contribution < -0.4 is 5.32 Å². The molecule has 0 saturated carbocycles. The van der Waals surface area contributed by atoms with Crippen molar-refractivity contribution in [2.24, 2.45) is 0 Å². The highest BCUT2D eigenvalue weighted by Crippen LogP contribution is 2.29. The fourth-order valence-corrected chi connectivity index (χ4v) is 3.08. The van der Waals surface area contributed by atoms with E-state index in [0.717, 1.165) is 27.9 Å². The molecule has 1 N–H and O–H groups in total. The van der Waals surface area contributed by atoms with E-state index in [4.69, 9.17) is 0 Å². The van der Waals surface area contributed by atoms with Crippen molar-refractivity contribution < 1.29 is 4.79 Å². The lowest BCUT2D eigenvalue weighted by Gasteiger charge is -2.15. The first-order valence-electron chi connectivity index (χ1n) is 7.02. The second kappa shape index (κ2) is 6.44. The number of anilines is 1. The summed E-state index contributed by atoms with van der Waals surface area (Å²) in [6, 6.07) is 11.9. The Bertz CT molecular complexity index is 654. The van der Waals surface area contributed by atoms with Crippen molar-refractivity contribution in [1.82, 2.24) is 0 Å². The SMILES string of the molecule is Cc1cc(C)c(C(=O)Nc2ccccc2C(C)Br)c(C)c1. The van der Waals surface area contributed by atoms with Crippen molar-refractivity contribution in [3.05, 3.63) is 64.2 Å². The highest BCUT2D eigenvalue weighted by Gasteiger charge is 2.15. The van der Waals surface area contributed by atoms with Gasteiger partial charge in [0.1, 0.15) is 0 Å². The summed E-state index contributed by atoms with van der Waals surface area (Å²) in [5.74, 6) is -0.0504. The molecule has 1 atom stereocenters. The fraction of sp³-hybridized carbons (Fsp3) is 0.278. The van der Waals surface area contributed by atoms with E-state index in [1.54, 1.807) is 0 Å². The number of benzene rings is 2. The van der Waals surface area contributed by atoms with Gasteiger partial charge in [-0.3, -0.25) is 4.79 Å². The minimum Gasteiger partial charge on any atom is -0.322 e. The number of nitrogens with one attached hydrogen (secondary N) is 1. The molecule has 0 aliphatic rings. The van der Waals surface area contributed by atoms with Gasteiger partial charge in [0.15, 0.2) is 0 Å². The molecule has 0 bridgehead atoms. The average Bonchev–Trinajstić information content (AvgIpc) is 2.37. The summed E-state index contributed by atoms with van der Waals surface area (Å²) in [5.41, 5.74) is 5.89. The summed E-state index contributed by atoms with van der Waals surface area (Å²) < 4.78 is 0. The molecule has 0 aromatic heterocycles. The van der Waals surface area contributed by atoms with Crippen LogP contribution in [0.3, 0.4) is 0 Å². The van der Waals surface area contributed by atoms with Crippen LogP contribution in [-0.2, 0) is 0 Å². The van der Waals surface area contributed by atoms with Gasteiger partial charge in [-0.05, 0) is 50.5 Å². The predicted octanol–water partition coefficient (Wildman–Crippen LogP) is 5.32. The Morgan fingerprint density at radius 1 is 1.10 bits per heavy atom. The molecule has 110 valence electrons. The Hall–Kier alpha value is -1.61. The maximum atomic E-state index is 12.6. The van der Waals surface area contributed by atoms with Gasteiger partial charge in [0.25, 0.3) is 5.91 Å². The van der Waals surface area contributed by atoms with E-state index < -0.39 is 0 Å². The highest BCUT2D eigenvalue weighted by atomic mass is 79.9. The Balaban J connectivity index is 2.36. The number of rotatable bonds is 3. The number of hydrogen-bond acceptors (Lipinski definition) is 1. The summed E-state index contributed by atoms with van der Waals surface area (Å²) in [7, 11) is 0.